The molecule has 0 spiro atoms. The van der Waals surface area contributed by atoms with Crippen LogP contribution >= 0.6 is 11.6 Å². The van der Waals surface area contributed by atoms with Crippen molar-refractivity contribution in [3.05, 3.63) is 69.0 Å². The molecule has 0 radical (unpaired) electrons. The van der Waals surface area contributed by atoms with E-state index in [1.807, 2.05) is 25.1 Å². The molecule has 106 valence electrons. The first kappa shape index (κ1) is 14.0. The highest BCUT2D eigenvalue weighted by Crippen LogP contribution is 2.29. The minimum Gasteiger partial charge on any atom is -0.289 e. The van der Waals surface area contributed by atoms with Crippen LogP contribution in [0.4, 0.5) is 0 Å². The smallest absolute Gasteiger partial charge is 0.189 e. The Labute approximate surface area is 129 Å². The van der Waals surface area contributed by atoms with Crippen LogP contribution in [0.5, 0.6) is 0 Å². The summed E-state index contributed by atoms with van der Waals surface area (Å²) in [5, 5.41) is 0.573. The number of carbonyl (C=O) groups is 1. The van der Waals surface area contributed by atoms with E-state index in [0.717, 1.165) is 40.7 Å². The van der Waals surface area contributed by atoms with Crippen molar-refractivity contribution in [3.63, 3.8) is 0 Å². The van der Waals surface area contributed by atoms with Crippen LogP contribution in [0.15, 0.2) is 36.2 Å². The van der Waals surface area contributed by atoms with Crippen molar-refractivity contribution in [2.45, 2.75) is 26.7 Å². The second-order valence-electron chi connectivity index (χ2n) is 5.49. The first-order chi connectivity index (χ1) is 10.1. The predicted molar refractivity (Wildman–Crippen MR) is 85.8 cm³/mol. The second-order valence-corrected chi connectivity index (χ2v) is 5.90. The average molecular weight is 298 g/mol. The van der Waals surface area contributed by atoms with Crippen LogP contribution in [-0.4, -0.2) is 10.8 Å². The van der Waals surface area contributed by atoms with E-state index < -0.39 is 0 Å². The fourth-order valence-electron chi connectivity index (χ4n) is 2.68. The number of hydrogen-bond acceptors (Lipinski definition) is 2. The topological polar surface area (TPSA) is 30.0 Å². The molecule has 1 aliphatic carbocycles. The van der Waals surface area contributed by atoms with Crippen LogP contribution in [0.1, 0.15) is 39.0 Å². The Morgan fingerprint density at radius 1 is 1.19 bits per heavy atom. The predicted octanol–water partition coefficient (Wildman–Crippen LogP) is 4.56. The molecule has 0 N–H and O–H groups in total. The van der Waals surface area contributed by atoms with Gasteiger partial charge >= 0.3 is 0 Å². The molecular weight excluding hydrogens is 282 g/mol. The number of rotatable bonds is 1. The summed E-state index contributed by atoms with van der Waals surface area (Å²) in [6.45, 7) is 4.13. The molecule has 1 aromatic heterocycles. The van der Waals surface area contributed by atoms with E-state index in [1.165, 1.54) is 5.56 Å². The highest BCUT2D eigenvalue weighted by molar-refractivity contribution is 6.32. The summed E-state index contributed by atoms with van der Waals surface area (Å²) in [5.74, 6) is 0.118. The van der Waals surface area contributed by atoms with Crippen molar-refractivity contribution in [2.75, 3.05) is 0 Å². The molecule has 21 heavy (non-hydrogen) atoms. The van der Waals surface area contributed by atoms with Gasteiger partial charge in [0.05, 0.1) is 5.02 Å². The van der Waals surface area contributed by atoms with Gasteiger partial charge in [-0.05, 0) is 67.2 Å². The van der Waals surface area contributed by atoms with Gasteiger partial charge in [-0.15, -0.1) is 0 Å². The summed E-state index contributed by atoms with van der Waals surface area (Å²) in [6.07, 6.45) is 6.84. The lowest BCUT2D eigenvalue weighted by Crippen LogP contribution is -2.15. The normalized spacial score (nSPS) is 16.1. The average Bonchev–Trinajstić information content (AvgIpc) is 2.46. The van der Waals surface area contributed by atoms with E-state index in [2.05, 4.69) is 18.0 Å². The third-order valence-electron chi connectivity index (χ3n) is 4.05. The van der Waals surface area contributed by atoms with Crippen LogP contribution in [-0.2, 0) is 6.42 Å². The number of nitrogens with zero attached hydrogens (tertiary/aromatic N) is 1. The number of hydrogen-bond donors (Lipinski definition) is 0. The molecular formula is C18H16ClNO. The van der Waals surface area contributed by atoms with Gasteiger partial charge in [0.25, 0.3) is 0 Å². The Bertz CT molecular complexity index is 762. The Balaban J connectivity index is 2.03. The van der Waals surface area contributed by atoms with Crippen molar-refractivity contribution < 1.29 is 4.79 Å². The maximum atomic E-state index is 12.7. The highest BCUT2D eigenvalue weighted by Gasteiger charge is 2.22. The van der Waals surface area contributed by atoms with Crippen LogP contribution in [0.3, 0.4) is 0 Å². The van der Waals surface area contributed by atoms with E-state index in [1.54, 1.807) is 12.4 Å². The summed E-state index contributed by atoms with van der Waals surface area (Å²) >= 11 is 6.12. The summed E-state index contributed by atoms with van der Waals surface area (Å²) in [4.78, 5) is 16.6. The summed E-state index contributed by atoms with van der Waals surface area (Å²) in [5.41, 5.74) is 6.06. The molecule has 1 heterocycles. The van der Waals surface area contributed by atoms with E-state index in [4.69, 9.17) is 11.6 Å². The minimum atomic E-state index is 0.118. The highest BCUT2D eigenvalue weighted by atomic mass is 35.5. The minimum absolute atomic E-state index is 0.118. The van der Waals surface area contributed by atoms with Gasteiger partial charge < -0.3 is 0 Å². The van der Waals surface area contributed by atoms with Crippen LogP contribution in [0.2, 0.25) is 5.02 Å². The Kier molecular flexibility index (Phi) is 3.64. The first-order valence-corrected chi connectivity index (χ1v) is 7.39. The van der Waals surface area contributed by atoms with Crippen molar-refractivity contribution >= 4 is 23.5 Å². The molecule has 0 atom stereocenters. The molecule has 3 rings (SSSR count). The van der Waals surface area contributed by atoms with Gasteiger partial charge in [0.1, 0.15) is 0 Å². The van der Waals surface area contributed by atoms with Gasteiger partial charge in [0.2, 0.25) is 0 Å². The van der Waals surface area contributed by atoms with Crippen molar-refractivity contribution in [1.29, 1.82) is 0 Å². The van der Waals surface area contributed by atoms with Gasteiger partial charge in [-0.3, -0.25) is 9.78 Å². The number of halogens is 1. The van der Waals surface area contributed by atoms with E-state index >= 15 is 0 Å². The monoisotopic (exact) mass is 297 g/mol. The van der Waals surface area contributed by atoms with E-state index in [0.29, 0.717) is 5.02 Å². The molecule has 0 unspecified atom stereocenters. The molecule has 0 saturated carbocycles. The zero-order valence-corrected chi connectivity index (χ0v) is 12.9. The lowest BCUT2D eigenvalue weighted by Gasteiger charge is -2.19. The van der Waals surface area contributed by atoms with Crippen LogP contribution in [0, 0.1) is 13.8 Å². The van der Waals surface area contributed by atoms with E-state index in [-0.39, 0.29) is 5.78 Å². The number of fused-ring (bicyclic) bond motifs is 1. The molecule has 1 aliphatic rings. The number of benzene rings is 1. The summed E-state index contributed by atoms with van der Waals surface area (Å²) in [6, 6.07) is 5.98. The van der Waals surface area contributed by atoms with Gasteiger partial charge in [0, 0.05) is 23.5 Å². The number of pyridine rings is 1. The lowest BCUT2D eigenvalue weighted by molar-refractivity contribution is 0.102. The molecule has 1 aromatic carbocycles. The lowest BCUT2D eigenvalue weighted by atomic mass is 9.84. The SMILES string of the molecule is Cc1cc2c(cc1C)C(=O)/C(=C/c1ccncc1Cl)CC2. The molecule has 0 bridgehead atoms. The molecule has 3 heteroatoms. The zero-order valence-electron chi connectivity index (χ0n) is 12.1. The van der Waals surface area contributed by atoms with Crippen LogP contribution < -0.4 is 0 Å². The fourth-order valence-corrected chi connectivity index (χ4v) is 2.85. The number of Topliss-reactive ketones (excluding diaryl/α,β-unsaturated/α-hetero) is 1. The molecule has 2 aromatic rings. The first-order valence-electron chi connectivity index (χ1n) is 7.01. The number of aromatic nitrogens is 1. The third-order valence-corrected chi connectivity index (χ3v) is 4.37. The number of ketones is 1. The largest absolute Gasteiger partial charge is 0.289 e. The Morgan fingerprint density at radius 2 is 1.95 bits per heavy atom. The molecule has 0 fully saturated rings. The molecule has 0 saturated heterocycles. The fraction of sp³-hybridized carbons (Fsp3) is 0.222. The molecule has 0 aliphatic heterocycles. The Morgan fingerprint density at radius 3 is 2.71 bits per heavy atom. The zero-order chi connectivity index (χ0) is 15.0. The summed E-state index contributed by atoms with van der Waals surface area (Å²) in [7, 11) is 0. The van der Waals surface area contributed by atoms with Crippen molar-refractivity contribution in [2.24, 2.45) is 0 Å². The second kappa shape index (κ2) is 5.45. The summed E-state index contributed by atoms with van der Waals surface area (Å²) < 4.78 is 0. The van der Waals surface area contributed by atoms with Crippen molar-refractivity contribution in [3.8, 4) is 0 Å². The quantitative estimate of drug-likeness (QED) is 0.722. The number of aryl methyl sites for hydroxylation is 3. The third kappa shape index (κ3) is 2.64. The van der Waals surface area contributed by atoms with Gasteiger partial charge in [-0.1, -0.05) is 17.7 Å². The van der Waals surface area contributed by atoms with Gasteiger partial charge in [-0.25, -0.2) is 0 Å². The molecule has 2 nitrogen and oxygen atoms in total. The van der Waals surface area contributed by atoms with Crippen molar-refractivity contribution in [1.82, 2.24) is 4.98 Å². The standard InChI is InChI=1S/C18H16ClNO/c1-11-7-13-3-4-15(18(21)16(13)8-12(11)2)9-14-5-6-20-10-17(14)19/h5-10H,3-4H2,1-2H3/b15-9+. The van der Waals surface area contributed by atoms with Gasteiger partial charge in [-0.2, -0.15) is 0 Å². The number of carbonyl (C=O) groups excluding carboxylic acids is 1. The van der Waals surface area contributed by atoms with E-state index in [9.17, 15) is 4.79 Å². The maximum absolute atomic E-state index is 12.7. The Hall–Kier alpha value is -1.93. The van der Waals surface area contributed by atoms with Crippen LogP contribution in [0.25, 0.3) is 6.08 Å². The van der Waals surface area contributed by atoms with Gasteiger partial charge in [0.15, 0.2) is 5.78 Å². The maximum Gasteiger partial charge on any atom is 0.189 e. The molecule has 0 amide bonds. The number of allylic oxidation sites excluding steroid dienone is 1.